The van der Waals surface area contributed by atoms with Gasteiger partial charge in [0.1, 0.15) is 0 Å². The highest BCUT2D eigenvalue weighted by atomic mass is 16.6. The van der Waals surface area contributed by atoms with Crippen molar-refractivity contribution in [3.05, 3.63) is 33.9 Å². The Hall–Kier alpha value is -2.15. The van der Waals surface area contributed by atoms with Gasteiger partial charge in [0, 0.05) is 26.7 Å². The second kappa shape index (κ2) is 7.44. The first-order valence-corrected chi connectivity index (χ1v) is 6.26. The summed E-state index contributed by atoms with van der Waals surface area (Å²) in [5.41, 5.74) is 0.664. The van der Waals surface area contributed by atoms with Crippen LogP contribution in [0, 0.1) is 10.1 Å². The average molecular weight is 281 g/mol. The zero-order valence-electron chi connectivity index (χ0n) is 11.9. The zero-order chi connectivity index (χ0) is 15.1. The van der Waals surface area contributed by atoms with Crippen molar-refractivity contribution >= 4 is 11.6 Å². The van der Waals surface area contributed by atoms with Gasteiger partial charge in [-0.2, -0.15) is 0 Å². The molecule has 7 nitrogen and oxygen atoms in total. The number of benzene rings is 1. The summed E-state index contributed by atoms with van der Waals surface area (Å²) in [7, 11) is 3.19. The van der Waals surface area contributed by atoms with E-state index in [1.807, 2.05) is 6.92 Å². The molecule has 20 heavy (non-hydrogen) atoms. The molecule has 0 spiro atoms. The van der Waals surface area contributed by atoms with Crippen molar-refractivity contribution in [2.24, 2.45) is 0 Å². The van der Waals surface area contributed by atoms with Crippen molar-refractivity contribution in [1.29, 1.82) is 0 Å². The van der Waals surface area contributed by atoms with E-state index in [0.717, 1.165) is 12.1 Å². The number of carbonyl (C=O) groups is 1. The van der Waals surface area contributed by atoms with E-state index >= 15 is 0 Å². The van der Waals surface area contributed by atoms with Gasteiger partial charge >= 0.3 is 5.69 Å². The highest BCUT2D eigenvalue weighted by Crippen LogP contribution is 2.28. The molecule has 0 aliphatic carbocycles. The molecule has 1 rings (SSSR count). The van der Waals surface area contributed by atoms with Gasteiger partial charge in [0.2, 0.25) is 0 Å². The number of nitrogens with one attached hydrogen (secondary N) is 1. The molecule has 0 aliphatic rings. The van der Waals surface area contributed by atoms with Gasteiger partial charge in [-0.1, -0.05) is 13.0 Å². The lowest BCUT2D eigenvalue weighted by Gasteiger charge is -2.12. The summed E-state index contributed by atoms with van der Waals surface area (Å²) in [5, 5.41) is 14.1. The number of carbonyl (C=O) groups excluding carboxylic acids is 1. The number of hydrogen-bond donors (Lipinski definition) is 1. The van der Waals surface area contributed by atoms with Crippen molar-refractivity contribution in [2.45, 2.75) is 13.5 Å². The Morgan fingerprint density at radius 1 is 1.45 bits per heavy atom. The third-order valence-electron chi connectivity index (χ3n) is 2.65. The van der Waals surface area contributed by atoms with Gasteiger partial charge in [0.05, 0.1) is 4.92 Å². The smallest absolute Gasteiger partial charge is 0.311 e. The SMILES string of the molecule is CCNCc1ccc(OCC(=O)N(C)C)c([N+](=O)[O-])c1. The van der Waals surface area contributed by atoms with Crippen molar-refractivity contribution in [3.8, 4) is 5.75 Å². The minimum atomic E-state index is -0.509. The lowest BCUT2D eigenvalue weighted by atomic mass is 10.2. The highest BCUT2D eigenvalue weighted by molar-refractivity contribution is 5.77. The molecule has 0 unspecified atom stereocenters. The fourth-order valence-electron chi connectivity index (χ4n) is 1.48. The molecule has 1 N–H and O–H groups in total. The Kier molecular flexibility index (Phi) is 5.92. The molecule has 110 valence electrons. The summed E-state index contributed by atoms with van der Waals surface area (Å²) in [5.74, 6) is -0.151. The van der Waals surface area contributed by atoms with Crippen molar-refractivity contribution < 1.29 is 14.5 Å². The summed E-state index contributed by atoms with van der Waals surface area (Å²) >= 11 is 0. The third-order valence-corrected chi connectivity index (χ3v) is 2.65. The maximum atomic E-state index is 11.4. The van der Waals surface area contributed by atoms with E-state index in [-0.39, 0.29) is 24.0 Å². The predicted octanol–water partition coefficient (Wildman–Crippen LogP) is 1.17. The Morgan fingerprint density at radius 3 is 2.70 bits per heavy atom. The van der Waals surface area contributed by atoms with E-state index in [0.29, 0.717) is 6.54 Å². The molecule has 1 amide bonds. The van der Waals surface area contributed by atoms with Crippen LogP contribution in [-0.2, 0) is 11.3 Å². The quantitative estimate of drug-likeness (QED) is 0.599. The van der Waals surface area contributed by atoms with Crippen LogP contribution in [0.3, 0.4) is 0 Å². The lowest BCUT2D eigenvalue weighted by molar-refractivity contribution is -0.385. The Bertz CT molecular complexity index is 489. The number of amides is 1. The van der Waals surface area contributed by atoms with Crippen LogP contribution in [0.4, 0.5) is 5.69 Å². The third kappa shape index (κ3) is 4.51. The Labute approximate surface area is 117 Å². The van der Waals surface area contributed by atoms with Crippen molar-refractivity contribution in [3.63, 3.8) is 0 Å². The second-order valence-corrected chi connectivity index (χ2v) is 4.42. The molecule has 1 aromatic carbocycles. The largest absolute Gasteiger partial charge is 0.477 e. The van der Waals surface area contributed by atoms with Gasteiger partial charge in [0.15, 0.2) is 12.4 Å². The summed E-state index contributed by atoms with van der Waals surface area (Å²) in [6.07, 6.45) is 0. The lowest BCUT2D eigenvalue weighted by Crippen LogP contribution is -2.27. The van der Waals surface area contributed by atoms with Gasteiger partial charge in [-0.15, -0.1) is 0 Å². The number of ether oxygens (including phenoxy) is 1. The van der Waals surface area contributed by atoms with Crippen molar-refractivity contribution in [2.75, 3.05) is 27.2 Å². The Morgan fingerprint density at radius 2 is 2.15 bits per heavy atom. The first-order valence-electron chi connectivity index (χ1n) is 6.26. The van der Waals surface area contributed by atoms with Crippen molar-refractivity contribution in [1.82, 2.24) is 10.2 Å². The van der Waals surface area contributed by atoms with Crippen LogP contribution in [0.2, 0.25) is 0 Å². The average Bonchev–Trinajstić information content (AvgIpc) is 2.42. The maximum Gasteiger partial charge on any atom is 0.311 e. The van der Waals surface area contributed by atoms with Crippen LogP contribution in [-0.4, -0.2) is 43.0 Å². The molecule has 0 saturated carbocycles. The number of nitrogens with zero attached hydrogens (tertiary/aromatic N) is 2. The van der Waals surface area contributed by atoms with Gasteiger partial charge in [-0.3, -0.25) is 14.9 Å². The van der Waals surface area contributed by atoms with Crippen LogP contribution < -0.4 is 10.1 Å². The minimum Gasteiger partial charge on any atom is -0.477 e. The second-order valence-electron chi connectivity index (χ2n) is 4.42. The van der Waals surface area contributed by atoms with Gasteiger partial charge in [-0.25, -0.2) is 0 Å². The fraction of sp³-hybridized carbons (Fsp3) is 0.462. The van der Waals surface area contributed by atoms with Gasteiger partial charge in [0.25, 0.3) is 5.91 Å². The normalized spacial score (nSPS) is 10.2. The molecular weight excluding hydrogens is 262 g/mol. The molecule has 0 atom stereocenters. The molecule has 0 heterocycles. The number of nitro groups is 1. The number of likely N-dealkylation sites (N-methyl/N-ethyl adjacent to an activating group) is 1. The Balaban J connectivity index is 2.84. The monoisotopic (exact) mass is 281 g/mol. The molecule has 1 aromatic rings. The molecule has 0 bridgehead atoms. The van der Waals surface area contributed by atoms with E-state index in [2.05, 4.69) is 5.32 Å². The molecule has 7 heteroatoms. The molecule has 0 saturated heterocycles. The van der Waals surface area contributed by atoms with E-state index in [9.17, 15) is 14.9 Å². The van der Waals surface area contributed by atoms with E-state index in [1.54, 1.807) is 20.2 Å². The van der Waals surface area contributed by atoms with Crippen LogP contribution >= 0.6 is 0 Å². The van der Waals surface area contributed by atoms with Crippen LogP contribution in [0.5, 0.6) is 5.75 Å². The number of hydrogen-bond acceptors (Lipinski definition) is 5. The van der Waals surface area contributed by atoms with Crippen LogP contribution in [0.1, 0.15) is 12.5 Å². The molecule has 0 aromatic heterocycles. The molecule has 0 radical (unpaired) electrons. The molecular formula is C13H19N3O4. The fourth-order valence-corrected chi connectivity index (χ4v) is 1.48. The van der Waals surface area contributed by atoms with Gasteiger partial charge < -0.3 is 15.0 Å². The maximum absolute atomic E-state index is 11.4. The predicted molar refractivity (Wildman–Crippen MR) is 74.7 cm³/mol. The minimum absolute atomic E-state index is 0.102. The summed E-state index contributed by atoms with van der Waals surface area (Å²) in [4.78, 5) is 23.3. The van der Waals surface area contributed by atoms with Gasteiger partial charge in [-0.05, 0) is 18.2 Å². The highest BCUT2D eigenvalue weighted by Gasteiger charge is 2.17. The standard InChI is InChI=1S/C13H19N3O4/c1-4-14-8-10-5-6-12(11(7-10)16(18)19)20-9-13(17)15(2)3/h5-7,14H,4,8-9H2,1-3H3. The van der Waals surface area contributed by atoms with E-state index in [1.165, 1.54) is 17.0 Å². The first kappa shape index (κ1) is 15.9. The molecule has 0 fully saturated rings. The van der Waals surface area contributed by atoms with Crippen LogP contribution in [0.15, 0.2) is 18.2 Å². The summed E-state index contributed by atoms with van der Waals surface area (Å²) in [6.45, 7) is 3.07. The number of nitro benzene ring substituents is 1. The van der Waals surface area contributed by atoms with E-state index < -0.39 is 4.92 Å². The van der Waals surface area contributed by atoms with Crippen LogP contribution in [0.25, 0.3) is 0 Å². The molecule has 0 aliphatic heterocycles. The summed E-state index contributed by atoms with van der Waals surface area (Å²) < 4.78 is 5.23. The van der Waals surface area contributed by atoms with E-state index in [4.69, 9.17) is 4.74 Å². The number of rotatable bonds is 7. The summed E-state index contributed by atoms with van der Waals surface area (Å²) in [6, 6.07) is 4.72. The first-order chi connectivity index (χ1) is 9.45. The topological polar surface area (TPSA) is 84.7 Å². The zero-order valence-corrected chi connectivity index (χ0v) is 11.9.